The molecule has 0 saturated heterocycles. The molecule has 0 aliphatic rings. The van der Waals surface area contributed by atoms with Crippen molar-refractivity contribution in [1.82, 2.24) is 4.37 Å². The maximum atomic E-state index is 13.2. The third kappa shape index (κ3) is 6.09. The number of quaternary nitrogens is 1. The average Bonchev–Trinajstić information content (AvgIpc) is 3.63. The van der Waals surface area contributed by atoms with Gasteiger partial charge < -0.3 is 46.8 Å². The summed E-state index contributed by atoms with van der Waals surface area (Å²) in [6.07, 6.45) is 2.16. The van der Waals surface area contributed by atoms with Crippen LogP contribution in [0.3, 0.4) is 0 Å². The number of carbonyl (C=O) groups excluding carboxylic acids is 1. The second-order valence-corrected chi connectivity index (χ2v) is 9.84. The van der Waals surface area contributed by atoms with Crippen LogP contribution in [-0.4, -0.2) is 44.8 Å². The summed E-state index contributed by atoms with van der Waals surface area (Å²) in [7, 11) is 6.29. The fraction of sp³-hybridized carbons (Fsp3) is 0.200. The summed E-state index contributed by atoms with van der Waals surface area (Å²) in [6, 6.07) is 18.5. The molecule has 3 aromatic carbocycles. The van der Waals surface area contributed by atoms with Crippen molar-refractivity contribution in [3.05, 3.63) is 72.6 Å². The van der Waals surface area contributed by atoms with Crippen LogP contribution in [0.25, 0.3) is 32.5 Å². The third-order valence-corrected chi connectivity index (χ3v) is 7.41. The molecular weight excluding hydrogens is 566 g/mol. The minimum atomic E-state index is -0.577. The van der Waals surface area contributed by atoms with Gasteiger partial charge in [-0.25, -0.2) is 0 Å². The first-order valence-electron chi connectivity index (χ1n) is 12.5. The molecule has 0 bridgehead atoms. The Kier molecular flexibility index (Phi) is 9.38. The molecule has 11 heteroatoms. The molecular formula is C30H30ClN3O6S. The van der Waals surface area contributed by atoms with Crippen LogP contribution in [0.4, 0.5) is 5.69 Å². The third-order valence-electron chi connectivity index (χ3n) is 6.56. The molecule has 5 aromatic rings. The number of anilines is 1. The molecule has 9 nitrogen and oxygen atoms in total. The number of hydrogen-bond acceptors (Lipinski definition) is 8. The summed E-state index contributed by atoms with van der Waals surface area (Å²) in [5.41, 5.74) is 7.98. The van der Waals surface area contributed by atoms with Crippen molar-refractivity contribution in [2.24, 2.45) is 0 Å². The molecule has 0 unspecified atom stereocenters. The monoisotopic (exact) mass is 595 g/mol. The molecule has 0 fully saturated rings. The van der Waals surface area contributed by atoms with Crippen molar-refractivity contribution in [2.75, 3.05) is 33.8 Å². The van der Waals surface area contributed by atoms with Crippen LogP contribution in [0.2, 0.25) is 0 Å². The van der Waals surface area contributed by atoms with E-state index in [1.165, 1.54) is 11.5 Å². The number of halogens is 1. The van der Waals surface area contributed by atoms with Crippen molar-refractivity contribution < 1.29 is 46.3 Å². The van der Waals surface area contributed by atoms with Crippen LogP contribution in [0, 0.1) is 0 Å². The molecule has 2 heterocycles. The molecule has 1 atom stereocenters. The van der Waals surface area contributed by atoms with Crippen molar-refractivity contribution in [2.45, 2.75) is 12.5 Å². The molecule has 0 aliphatic carbocycles. The minimum Gasteiger partial charge on any atom is -1.00 e. The largest absolute Gasteiger partial charge is 1.00 e. The van der Waals surface area contributed by atoms with Gasteiger partial charge in [0.25, 0.3) is 5.91 Å². The van der Waals surface area contributed by atoms with Gasteiger partial charge in [0.05, 0.1) is 45.4 Å². The van der Waals surface area contributed by atoms with Crippen LogP contribution in [0.5, 0.6) is 23.0 Å². The lowest BCUT2D eigenvalue weighted by atomic mass is 10.0. The van der Waals surface area contributed by atoms with Crippen LogP contribution in [0.15, 0.2) is 71.3 Å². The first-order chi connectivity index (χ1) is 19.4. The lowest BCUT2D eigenvalue weighted by Crippen LogP contribution is -3.00. The number of methoxy groups -OCH3 is 4. The second kappa shape index (κ2) is 12.9. The van der Waals surface area contributed by atoms with E-state index in [-0.39, 0.29) is 18.3 Å². The number of rotatable bonds is 10. The first kappa shape index (κ1) is 29.7. The van der Waals surface area contributed by atoms with Gasteiger partial charge in [0.2, 0.25) is 5.75 Å². The zero-order valence-electron chi connectivity index (χ0n) is 23.0. The molecule has 0 spiro atoms. The predicted octanol–water partition coefficient (Wildman–Crippen LogP) is 2.05. The quantitative estimate of drug-likeness (QED) is 0.254. The number of fused-ring (bicyclic) bond motifs is 1. The van der Waals surface area contributed by atoms with Crippen molar-refractivity contribution in [3.63, 3.8) is 0 Å². The number of hydrogen-bond donors (Lipinski definition) is 2. The Morgan fingerprint density at radius 3 is 2.29 bits per heavy atom. The van der Waals surface area contributed by atoms with Crippen LogP contribution >= 0.6 is 11.5 Å². The molecule has 41 heavy (non-hydrogen) atoms. The summed E-state index contributed by atoms with van der Waals surface area (Å²) in [6.45, 7) is 0. The van der Waals surface area contributed by atoms with E-state index in [4.69, 9.17) is 23.4 Å². The standard InChI is InChI=1S/C30H29N3O6S.ClH/c1-35-25-10-9-17(21-16-32-40-29(21)19-13-26(36-2)28(38-4)27(14-19)37-3)12-23(25)33-30(34)22(31)15-20-11-18-7-5-6-8-24(18)39-20;/h5-14,16,22H,15,31H2,1-4H3,(H,33,34);1H/t22-;/m1./s1. The van der Waals surface area contributed by atoms with Gasteiger partial charge in [0.1, 0.15) is 17.1 Å². The number of carbonyl (C=O) groups is 1. The summed E-state index contributed by atoms with van der Waals surface area (Å²) in [4.78, 5) is 14.1. The number of para-hydroxylation sites is 1. The van der Waals surface area contributed by atoms with E-state index in [1.54, 1.807) is 34.6 Å². The van der Waals surface area contributed by atoms with Crippen molar-refractivity contribution in [1.29, 1.82) is 0 Å². The number of aromatic nitrogens is 1. The van der Waals surface area contributed by atoms with Gasteiger partial charge >= 0.3 is 0 Å². The second-order valence-electron chi connectivity index (χ2n) is 9.04. The number of ether oxygens (including phenoxy) is 4. The fourth-order valence-electron chi connectivity index (χ4n) is 4.55. The highest BCUT2D eigenvalue weighted by Gasteiger charge is 2.23. The summed E-state index contributed by atoms with van der Waals surface area (Å²) in [5.74, 6) is 2.60. The Morgan fingerprint density at radius 1 is 0.927 bits per heavy atom. The maximum absolute atomic E-state index is 13.2. The van der Waals surface area contributed by atoms with Gasteiger partial charge in [-0.15, -0.1) is 0 Å². The van der Waals surface area contributed by atoms with E-state index >= 15 is 0 Å². The smallest absolute Gasteiger partial charge is 0.283 e. The van der Waals surface area contributed by atoms with E-state index < -0.39 is 6.04 Å². The highest BCUT2D eigenvalue weighted by atomic mass is 35.5. The highest BCUT2D eigenvalue weighted by Crippen LogP contribution is 2.45. The van der Waals surface area contributed by atoms with E-state index in [1.807, 2.05) is 60.7 Å². The van der Waals surface area contributed by atoms with Gasteiger partial charge in [0.15, 0.2) is 17.5 Å². The van der Waals surface area contributed by atoms with Crippen molar-refractivity contribution in [3.8, 4) is 44.6 Å². The molecule has 5 rings (SSSR count). The lowest BCUT2D eigenvalue weighted by molar-refractivity contribution is -0.402. The molecule has 2 aromatic heterocycles. The molecule has 214 valence electrons. The average molecular weight is 596 g/mol. The van der Waals surface area contributed by atoms with Gasteiger partial charge in [-0.2, -0.15) is 4.37 Å². The van der Waals surface area contributed by atoms with E-state index in [0.29, 0.717) is 40.9 Å². The summed E-state index contributed by atoms with van der Waals surface area (Å²) >= 11 is 1.35. The molecule has 0 saturated carbocycles. The Hall–Kier alpha value is -4.25. The molecule has 4 N–H and O–H groups in total. The highest BCUT2D eigenvalue weighted by molar-refractivity contribution is 7.10. The fourth-order valence-corrected chi connectivity index (χ4v) is 5.30. The summed E-state index contributed by atoms with van der Waals surface area (Å²) in [5, 5.41) is 3.98. The van der Waals surface area contributed by atoms with E-state index in [0.717, 1.165) is 32.5 Å². The zero-order chi connectivity index (χ0) is 28.2. The Balaban J connectivity index is 0.00000387. The van der Waals surface area contributed by atoms with Crippen molar-refractivity contribution >= 4 is 34.1 Å². The molecule has 0 radical (unpaired) electrons. The SMILES string of the molecule is COc1ccc(-c2cnsc2-c2cc(OC)c(OC)c(OC)c2)cc1NC(=O)[C@H]([NH3+])Cc1cc2ccccc2o1.[Cl-]. The van der Waals surface area contributed by atoms with Gasteiger partial charge in [-0.1, -0.05) is 24.3 Å². The topological polar surface area (TPSA) is 120 Å². The lowest BCUT2D eigenvalue weighted by Gasteiger charge is -2.15. The number of nitrogens with zero attached hydrogens (tertiary/aromatic N) is 1. The number of nitrogens with one attached hydrogen (secondary N) is 1. The van der Waals surface area contributed by atoms with Gasteiger partial charge in [-0.05, 0) is 53.5 Å². The Bertz CT molecular complexity index is 1610. The summed E-state index contributed by atoms with van der Waals surface area (Å²) < 4.78 is 32.4. The van der Waals surface area contributed by atoms with Gasteiger partial charge in [-0.3, -0.25) is 4.79 Å². The predicted molar refractivity (Wildman–Crippen MR) is 154 cm³/mol. The maximum Gasteiger partial charge on any atom is 0.283 e. The molecule has 0 aliphatic heterocycles. The number of benzene rings is 3. The van der Waals surface area contributed by atoms with Gasteiger partial charge in [0, 0.05) is 22.7 Å². The zero-order valence-corrected chi connectivity index (χ0v) is 24.6. The van der Waals surface area contributed by atoms with E-state index in [9.17, 15) is 4.79 Å². The minimum absolute atomic E-state index is 0. The Labute approximate surface area is 247 Å². The van der Waals surface area contributed by atoms with Crippen LogP contribution in [-0.2, 0) is 11.2 Å². The normalized spacial score (nSPS) is 11.4. The Morgan fingerprint density at radius 2 is 1.63 bits per heavy atom. The van der Waals surface area contributed by atoms with Crippen LogP contribution in [0.1, 0.15) is 5.76 Å². The van der Waals surface area contributed by atoms with Crippen LogP contribution < -0.4 is 42.4 Å². The number of furan rings is 1. The number of amides is 1. The molecule has 1 amide bonds. The van der Waals surface area contributed by atoms with E-state index in [2.05, 4.69) is 15.4 Å². The first-order valence-corrected chi connectivity index (χ1v) is 13.3.